The molecule has 0 saturated carbocycles. The van der Waals surface area contributed by atoms with E-state index in [-0.39, 0.29) is 11.3 Å². The Bertz CT molecular complexity index is 341. The molecule has 0 aliphatic carbocycles. The van der Waals surface area contributed by atoms with E-state index in [1.165, 1.54) is 7.11 Å². The molecule has 1 heterocycles. The minimum absolute atomic E-state index is 0.00678. The van der Waals surface area contributed by atoms with Crippen molar-refractivity contribution >= 4 is 5.97 Å². The molecule has 1 unspecified atom stereocenters. The fourth-order valence-electron chi connectivity index (χ4n) is 2.30. The molecule has 0 bridgehead atoms. The maximum absolute atomic E-state index is 11.3. The Kier molecular flexibility index (Phi) is 5.77. The van der Waals surface area contributed by atoms with Crippen LogP contribution in [0.4, 0.5) is 0 Å². The molecule has 5 heteroatoms. The molecule has 108 valence electrons. The standard InChI is InChI=1S/C14H24N2O3/c1-14(2,10-15)6-9-16-7-4-11(5-8-16)12(17)13(18)19-3/h11-12,17H,4-9H2,1-3H3. The van der Waals surface area contributed by atoms with Gasteiger partial charge in [0.25, 0.3) is 0 Å². The minimum Gasteiger partial charge on any atom is -0.467 e. The van der Waals surface area contributed by atoms with Crippen LogP contribution in [0.3, 0.4) is 0 Å². The highest BCUT2D eigenvalue weighted by molar-refractivity contribution is 5.74. The van der Waals surface area contributed by atoms with E-state index >= 15 is 0 Å². The summed E-state index contributed by atoms with van der Waals surface area (Å²) in [4.78, 5) is 13.6. The summed E-state index contributed by atoms with van der Waals surface area (Å²) < 4.78 is 4.56. The number of likely N-dealkylation sites (tertiary alicyclic amines) is 1. The lowest BCUT2D eigenvalue weighted by molar-refractivity contribution is -0.154. The van der Waals surface area contributed by atoms with Crippen molar-refractivity contribution < 1.29 is 14.6 Å². The third-order valence-electron chi connectivity index (χ3n) is 3.88. The van der Waals surface area contributed by atoms with E-state index in [0.29, 0.717) is 0 Å². The van der Waals surface area contributed by atoms with Gasteiger partial charge in [-0.2, -0.15) is 5.26 Å². The van der Waals surface area contributed by atoms with Gasteiger partial charge in [0.05, 0.1) is 18.6 Å². The Morgan fingerprint density at radius 2 is 2.11 bits per heavy atom. The minimum atomic E-state index is -0.998. The van der Waals surface area contributed by atoms with Gasteiger partial charge in [-0.1, -0.05) is 0 Å². The number of aliphatic hydroxyl groups is 1. The van der Waals surface area contributed by atoms with Crippen molar-refractivity contribution in [1.82, 2.24) is 4.90 Å². The van der Waals surface area contributed by atoms with Crippen LogP contribution in [0.1, 0.15) is 33.1 Å². The number of nitriles is 1. The summed E-state index contributed by atoms with van der Waals surface area (Å²) in [5.74, 6) is -0.545. The van der Waals surface area contributed by atoms with Gasteiger partial charge in [0.15, 0.2) is 6.10 Å². The number of aliphatic hydroxyl groups excluding tert-OH is 1. The van der Waals surface area contributed by atoms with Gasteiger partial charge >= 0.3 is 5.97 Å². The van der Waals surface area contributed by atoms with Crippen LogP contribution in [-0.4, -0.2) is 48.8 Å². The number of carbonyl (C=O) groups is 1. The molecule has 0 aromatic carbocycles. The van der Waals surface area contributed by atoms with Gasteiger partial charge in [-0.15, -0.1) is 0 Å². The lowest BCUT2D eigenvalue weighted by Crippen LogP contribution is -2.41. The van der Waals surface area contributed by atoms with E-state index in [1.54, 1.807) is 0 Å². The first-order valence-corrected chi connectivity index (χ1v) is 6.79. The molecule has 1 aliphatic heterocycles. The zero-order valence-electron chi connectivity index (χ0n) is 12.1. The predicted molar refractivity (Wildman–Crippen MR) is 71.2 cm³/mol. The summed E-state index contributed by atoms with van der Waals surface area (Å²) in [5.41, 5.74) is -0.289. The van der Waals surface area contributed by atoms with Crippen LogP contribution >= 0.6 is 0 Å². The van der Waals surface area contributed by atoms with E-state index < -0.39 is 12.1 Å². The molecular weight excluding hydrogens is 244 g/mol. The normalized spacial score (nSPS) is 19.7. The quantitative estimate of drug-likeness (QED) is 0.758. The molecule has 5 nitrogen and oxygen atoms in total. The van der Waals surface area contributed by atoms with Gasteiger partial charge in [-0.3, -0.25) is 0 Å². The molecule has 0 spiro atoms. The molecule has 0 aromatic rings. The molecule has 1 saturated heterocycles. The Balaban J connectivity index is 2.34. The van der Waals surface area contributed by atoms with E-state index in [4.69, 9.17) is 5.26 Å². The van der Waals surface area contributed by atoms with Gasteiger partial charge in [-0.25, -0.2) is 4.79 Å². The maximum Gasteiger partial charge on any atom is 0.334 e. The second kappa shape index (κ2) is 6.88. The zero-order chi connectivity index (χ0) is 14.5. The lowest BCUT2D eigenvalue weighted by Gasteiger charge is -2.34. The van der Waals surface area contributed by atoms with Crippen LogP contribution in [-0.2, 0) is 9.53 Å². The fraction of sp³-hybridized carbons (Fsp3) is 0.857. The molecule has 19 heavy (non-hydrogen) atoms. The number of ether oxygens (including phenoxy) is 1. The van der Waals surface area contributed by atoms with Crippen molar-refractivity contribution in [2.45, 2.75) is 39.2 Å². The molecule has 1 rings (SSSR count). The summed E-state index contributed by atoms with van der Waals surface area (Å²) in [6.45, 7) is 6.50. The Morgan fingerprint density at radius 3 is 2.58 bits per heavy atom. The molecule has 1 aliphatic rings. The number of hydrogen-bond donors (Lipinski definition) is 1. The van der Waals surface area contributed by atoms with Crippen molar-refractivity contribution in [3.63, 3.8) is 0 Å². The Labute approximate surface area is 115 Å². The summed E-state index contributed by atoms with van der Waals surface area (Å²) in [7, 11) is 1.30. The number of rotatable bonds is 5. The van der Waals surface area contributed by atoms with Crippen LogP contribution in [0.5, 0.6) is 0 Å². The van der Waals surface area contributed by atoms with Crippen LogP contribution in [0, 0.1) is 22.7 Å². The maximum atomic E-state index is 11.3. The molecular formula is C14H24N2O3. The van der Waals surface area contributed by atoms with Gasteiger partial charge in [0.2, 0.25) is 0 Å². The van der Waals surface area contributed by atoms with Crippen molar-refractivity contribution in [3.8, 4) is 6.07 Å². The first-order valence-electron chi connectivity index (χ1n) is 6.79. The molecule has 0 aromatic heterocycles. The lowest BCUT2D eigenvalue weighted by atomic mass is 9.89. The highest BCUT2D eigenvalue weighted by atomic mass is 16.5. The van der Waals surface area contributed by atoms with E-state index in [2.05, 4.69) is 15.7 Å². The molecule has 1 N–H and O–H groups in total. The molecule has 1 atom stereocenters. The number of methoxy groups -OCH3 is 1. The molecule has 0 amide bonds. The summed E-state index contributed by atoms with van der Waals surface area (Å²) in [6.07, 6.45) is 1.43. The summed E-state index contributed by atoms with van der Waals surface area (Å²) in [5, 5.41) is 18.8. The van der Waals surface area contributed by atoms with Crippen molar-refractivity contribution in [2.24, 2.45) is 11.3 Å². The number of esters is 1. The highest BCUT2D eigenvalue weighted by Gasteiger charge is 2.30. The number of hydrogen-bond acceptors (Lipinski definition) is 5. The van der Waals surface area contributed by atoms with Crippen LogP contribution in [0.15, 0.2) is 0 Å². The third kappa shape index (κ3) is 4.81. The Hall–Kier alpha value is -1.12. The fourth-order valence-corrected chi connectivity index (χ4v) is 2.30. The monoisotopic (exact) mass is 268 g/mol. The number of carbonyl (C=O) groups excluding carboxylic acids is 1. The van der Waals surface area contributed by atoms with E-state index in [1.807, 2.05) is 13.8 Å². The second-order valence-corrected chi connectivity index (χ2v) is 5.89. The van der Waals surface area contributed by atoms with Gasteiger partial charge in [-0.05, 0) is 58.7 Å². The van der Waals surface area contributed by atoms with Gasteiger partial charge in [0, 0.05) is 0 Å². The van der Waals surface area contributed by atoms with Crippen LogP contribution < -0.4 is 0 Å². The average molecular weight is 268 g/mol. The topological polar surface area (TPSA) is 73.6 Å². The zero-order valence-corrected chi connectivity index (χ0v) is 12.1. The SMILES string of the molecule is COC(=O)C(O)C1CCN(CCC(C)(C)C#N)CC1. The first kappa shape index (κ1) is 15.9. The molecule has 0 radical (unpaired) electrons. The third-order valence-corrected chi connectivity index (χ3v) is 3.88. The van der Waals surface area contributed by atoms with E-state index in [9.17, 15) is 9.90 Å². The second-order valence-electron chi connectivity index (χ2n) is 5.89. The van der Waals surface area contributed by atoms with Crippen molar-refractivity contribution in [2.75, 3.05) is 26.7 Å². The van der Waals surface area contributed by atoms with Crippen molar-refractivity contribution in [1.29, 1.82) is 5.26 Å². The average Bonchev–Trinajstić information content (AvgIpc) is 2.44. The van der Waals surface area contributed by atoms with Crippen molar-refractivity contribution in [3.05, 3.63) is 0 Å². The van der Waals surface area contributed by atoms with Gasteiger partial charge in [0.1, 0.15) is 0 Å². The van der Waals surface area contributed by atoms with Gasteiger partial charge < -0.3 is 14.7 Å². The Morgan fingerprint density at radius 1 is 1.53 bits per heavy atom. The van der Waals surface area contributed by atoms with Crippen LogP contribution in [0.25, 0.3) is 0 Å². The number of piperidine rings is 1. The predicted octanol–water partition coefficient (Wildman–Crippen LogP) is 1.17. The summed E-state index contributed by atoms with van der Waals surface area (Å²) in [6, 6.07) is 2.30. The molecule has 1 fully saturated rings. The van der Waals surface area contributed by atoms with Crippen LogP contribution in [0.2, 0.25) is 0 Å². The summed E-state index contributed by atoms with van der Waals surface area (Å²) >= 11 is 0. The first-order chi connectivity index (χ1) is 8.89. The smallest absolute Gasteiger partial charge is 0.334 e. The van der Waals surface area contributed by atoms with E-state index in [0.717, 1.165) is 38.9 Å². The largest absolute Gasteiger partial charge is 0.467 e. The number of nitrogens with zero attached hydrogens (tertiary/aromatic N) is 2. The highest BCUT2D eigenvalue weighted by Crippen LogP contribution is 2.24.